The number of rotatable bonds is 3. The molecule has 2 heterocycles. The van der Waals surface area contributed by atoms with Gasteiger partial charge >= 0.3 is 11.9 Å². The molecular weight excluding hydrogens is 387 g/mol. The molecule has 0 atom stereocenters. The highest BCUT2D eigenvalue weighted by molar-refractivity contribution is 6.02. The van der Waals surface area contributed by atoms with Gasteiger partial charge in [0, 0.05) is 5.56 Å². The molecule has 0 aliphatic heterocycles. The lowest BCUT2D eigenvalue weighted by Crippen LogP contribution is -2.15. The van der Waals surface area contributed by atoms with Crippen LogP contribution in [0.5, 0.6) is 0 Å². The highest BCUT2D eigenvalue weighted by Crippen LogP contribution is 2.30. The molecule has 0 aliphatic carbocycles. The monoisotopic (exact) mass is 399 g/mol. The Balaban J connectivity index is 1.97. The first kappa shape index (κ1) is 18.4. The number of nitrogens with two attached hydrogens (primary N) is 1. The standard InChI is InChI=1S/C19H12F3N5O2/c20-19(21,22)11-8-6-10(7-9-11)16-24-13(15(23)28)14-17(26-16)27(18(29)25-14)12-4-2-1-3-5-12/h1-9H,(H2,23,28)(H,25,29). The second-order valence-corrected chi connectivity index (χ2v) is 6.13. The van der Waals surface area contributed by atoms with E-state index >= 15 is 0 Å². The van der Waals surface area contributed by atoms with Crippen molar-refractivity contribution in [2.75, 3.05) is 0 Å². The number of amides is 1. The molecule has 0 bridgehead atoms. The third kappa shape index (κ3) is 3.24. The molecule has 0 aliphatic rings. The van der Waals surface area contributed by atoms with Crippen molar-refractivity contribution in [3.63, 3.8) is 0 Å². The van der Waals surface area contributed by atoms with Gasteiger partial charge in [-0.3, -0.25) is 4.79 Å². The molecule has 7 nitrogen and oxygen atoms in total. The van der Waals surface area contributed by atoms with E-state index < -0.39 is 23.3 Å². The van der Waals surface area contributed by atoms with E-state index in [1.807, 2.05) is 0 Å². The van der Waals surface area contributed by atoms with Crippen LogP contribution in [0, 0.1) is 0 Å². The van der Waals surface area contributed by atoms with E-state index in [9.17, 15) is 22.8 Å². The predicted octanol–water partition coefficient (Wildman–Crippen LogP) is 2.89. The molecule has 3 N–H and O–H groups in total. The summed E-state index contributed by atoms with van der Waals surface area (Å²) in [5, 5.41) is 0. The molecule has 146 valence electrons. The highest BCUT2D eigenvalue weighted by Gasteiger charge is 2.30. The number of H-pyrrole nitrogens is 1. The number of para-hydroxylation sites is 1. The number of benzene rings is 2. The molecule has 0 saturated carbocycles. The summed E-state index contributed by atoms with van der Waals surface area (Å²) in [7, 11) is 0. The fourth-order valence-electron chi connectivity index (χ4n) is 2.92. The first-order valence-corrected chi connectivity index (χ1v) is 8.31. The molecular formula is C19H12F3N5O2. The first-order chi connectivity index (χ1) is 13.8. The van der Waals surface area contributed by atoms with Crippen molar-refractivity contribution in [3.05, 3.63) is 76.3 Å². The fourth-order valence-corrected chi connectivity index (χ4v) is 2.92. The van der Waals surface area contributed by atoms with Crippen molar-refractivity contribution in [2.24, 2.45) is 5.73 Å². The van der Waals surface area contributed by atoms with Crippen molar-refractivity contribution >= 4 is 17.1 Å². The SMILES string of the molecule is NC(=O)c1nc(-c2ccc(C(F)(F)F)cc2)nc2c1[nH]c(=O)n2-c1ccccc1. The van der Waals surface area contributed by atoms with E-state index in [1.165, 1.54) is 16.7 Å². The van der Waals surface area contributed by atoms with Crippen LogP contribution in [-0.2, 0) is 6.18 Å². The summed E-state index contributed by atoms with van der Waals surface area (Å²) < 4.78 is 39.7. The maximum absolute atomic E-state index is 12.8. The fraction of sp³-hybridized carbons (Fsp3) is 0.0526. The summed E-state index contributed by atoms with van der Waals surface area (Å²) in [4.78, 5) is 35.3. The molecule has 0 saturated heterocycles. The minimum absolute atomic E-state index is 0.0382. The van der Waals surface area contributed by atoms with Crippen molar-refractivity contribution in [1.29, 1.82) is 0 Å². The first-order valence-electron chi connectivity index (χ1n) is 8.31. The van der Waals surface area contributed by atoms with Gasteiger partial charge in [0.05, 0.1) is 11.3 Å². The largest absolute Gasteiger partial charge is 0.416 e. The van der Waals surface area contributed by atoms with Crippen LogP contribution >= 0.6 is 0 Å². The molecule has 2 aromatic heterocycles. The van der Waals surface area contributed by atoms with Crippen molar-refractivity contribution in [2.45, 2.75) is 6.18 Å². The number of fused-ring (bicyclic) bond motifs is 1. The van der Waals surface area contributed by atoms with Gasteiger partial charge in [0.25, 0.3) is 5.91 Å². The van der Waals surface area contributed by atoms with Gasteiger partial charge in [-0.1, -0.05) is 30.3 Å². The number of imidazole rings is 1. The van der Waals surface area contributed by atoms with Crippen molar-refractivity contribution < 1.29 is 18.0 Å². The van der Waals surface area contributed by atoms with Crippen LogP contribution in [0.15, 0.2) is 59.4 Å². The quantitative estimate of drug-likeness (QED) is 0.552. The average Bonchev–Trinajstić information content (AvgIpc) is 3.02. The van der Waals surface area contributed by atoms with Gasteiger partial charge < -0.3 is 10.7 Å². The van der Waals surface area contributed by atoms with Gasteiger partial charge in [-0.15, -0.1) is 0 Å². The minimum Gasteiger partial charge on any atom is -0.364 e. The normalized spacial score (nSPS) is 11.7. The summed E-state index contributed by atoms with van der Waals surface area (Å²) >= 11 is 0. The van der Waals surface area contributed by atoms with Crippen LogP contribution < -0.4 is 11.4 Å². The Morgan fingerprint density at radius 2 is 1.66 bits per heavy atom. The Morgan fingerprint density at radius 3 is 2.24 bits per heavy atom. The van der Waals surface area contributed by atoms with Crippen molar-refractivity contribution in [1.82, 2.24) is 19.5 Å². The van der Waals surface area contributed by atoms with Gasteiger partial charge in [-0.25, -0.2) is 19.3 Å². The smallest absolute Gasteiger partial charge is 0.364 e. The molecule has 2 aromatic carbocycles. The zero-order valence-corrected chi connectivity index (χ0v) is 14.6. The minimum atomic E-state index is -4.49. The number of aromatic amines is 1. The van der Waals surface area contributed by atoms with E-state index in [0.29, 0.717) is 5.69 Å². The average molecular weight is 399 g/mol. The number of nitrogens with one attached hydrogen (secondary N) is 1. The molecule has 4 rings (SSSR count). The van der Waals surface area contributed by atoms with Gasteiger partial charge in [0.15, 0.2) is 17.2 Å². The third-order valence-electron chi connectivity index (χ3n) is 4.25. The second-order valence-electron chi connectivity index (χ2n) is 6.13. The maximum Gasteiger partial charge on any atom is 0.416 e. The van der Waals surface area contributed by atoms with Crippen LogP contribution in [-0.4, -0.2) is 25.4 Å². The topological polar surface area (TPSA) is 107 Å². The van der Waals surface area contributed by atoms with Crippen LogP contribution in [0.3, 0.4) is 0 Å². The lowest BCUT2D eigenvalue weighted by molar-refractivity contribution is -0.137. The number of aromatic nitrogens is 4. The predicted molar refractivity (Wildman–Crippen MR) is 98.4 cm³/mol. The molecule has 29 heavy (non-hydrogen) atoms. The summed E-state index contributed by atoms with van der Waals surface area (Å²) in [6.07, 6.45) is -4.49. The molecule has 0 unspecified atom stereocenters. The molecule has 0 fully saturated rings. The van der Waals surface area contributed by atoms with Crippen LogP contribution in [0.4, 0.5) is 13.2 Å². The maximum atomic E-state index is 12.8. The number of alkyl halides is 3. The Hall–Kier alpha value is -3.95. The Bertz CT molecular complexity index is 1280. The molecule has 0 radical (unpaired) electrons. The molecule has 4 aromatic rings. The molecule has 10 heteroatoms. The lowest BCUT2D eigenvalue weighted by Gasteiger charge is -2.08. The number of halogens is 3. The molecule has 1 amide bonds. The van der Waals surface area contributed by atoms with E-state index in [1.54, 1.807) is 30.3 Å². The Morgan fingerprint density at radius 1 is 1.00 bits per heavy atom. The number of primary amides is 1. The summed E-state index contributed by atoms with van der Waals surface area (Å²) in [5.74, 6) is -0.948. The number of carbonyl (C=O) groups is 1. The van der Waals surface area contributed by atoms with E-state index in [-0.39, 0.29) is 28.2 Å². The van der Waals surface area contributed by atoms with Gasteiger partial charge in [-0.05, 0) is 24.3 Å². The zero-order valence-electron chi connectivity index (χ0n) is 14.6. The van der Waals surface area contributed by atoms with Crippen LogP contribution in [0.2, 0.25) is 0 Å². The van der Waals surface area contributed by atoms with Crippen LogP contribution in [0.25, 0.3) is 28.2 Å². The lowest BCUT2D eigenvalue weighted by atomic mass is 10.1. The number of hydrogen-bond donors (Lipinski definition) is 2. The number of nitrogens with zero attached hydrogens (tertiary/aromatic N) is 3. The zero-order chi connectivity index (χ0) is 20.8. The number of hydrogen-bond acceptors (Lipinski definition) is 4. The van der Waals surface area contributed by atoms with E-state index in [4.69, 9.17) is 5.73 Å². The third-order valence-corrected chi connectivity index (χ3v) is 4.25. The molecule has 0 spiro atoms. The summed E-state index contributed by atoms with van der Waals surface area (Å²) in [5.41, 5.74) is 4.60. The van der Waals surface area contributed by atoms with Gasteiger partial charge in [-0.2, -0.15) is 13.2 Å². The van der Waals surface area contributed by atoms with Gasteiger partial charge in [0.2, 0.25) is 0 Å². The Kier molecular flexibility index (Phi) is 4.18. The van der Waals surface area contributed by atoms with Crippen LogP contribution in [0.1, 0.15) is 16.1 Å². The van der Waals surface area contributed by atoms with E-state index in [2.05, 4.69) is 15.0 Å². The second kappa shape index (κ2) is 6.59. The Labute approximate surface area is 160 Å². The number of carbonyl (C=O) groups excluding carboxylic acids is 1. The van der Waals surface area contributed by atoms with Crippen molar-refractivity contribution in [3.8, 4) is 17.1 Å². The highest BCUT2D eigenvalue weighted by atomic mass is 19.4. The summed E-state index contributed by atoms with van der Waals surface area (Å²) in [6, 6.07) is 12.7. The summed E-state index contributed by atoms with van der Waals surface area (Å²) in [6.45, 7) is 0. The van der Waals surface area contributed by atoms with E-state index in [0.717, 1.165) is 12.1 Å². The van der Waals surface area contributed by atoms with Gasteiger partial charge in [0.1, 0.15) is 5.52 Å².